The van der Waals surface area contributed by atoms with E-state index >= 15 is 0 Å². The van der Waals surface area contributed by atoms with Gasteiger partial charge >= 0.3 is 12.1 Å². The molecule has 0 aliphatic carbocycles. The highest BCUT2D eigenvalue weighted by molar-refractivity contribution is 7.92. The molecule has 31 heavy (non-hydrogen) atoms. The maximum atomic E-state index is 13.4. The molecule has 0 aliphatic heterocycles. The predicted molar refractivity (Wildman–Crippen MR) is 104 cm³/mol. The molecule has 0 unspecified atom stereocenters. The van der Waals surface area contributed by atoms with Crippen LogP contribution in [0.4, 0.5) is 18.9 Å². The number of halogens is 3. The number of nitrogens with zero attached hydrogens (tertiary/aromatic N) is 2. The number of hydrogen-bond acceptors (Lipinski definition) is 6. The fraction of sp³-hybridized carbons (Fsp3) is 0.105. The number of carboxylic acid groups (broad SMARTS) is 1. The van der Waals surface area contributed by atoms with Gasteiger partial charge in [0.2, 0.25) is 15.9 Å². The Morgan fingerprint density at radius 3 is 2.16 bits per heavy atom. The van der Waals surface area contributed by atoms with E-state index in [1.807, 2.05) is 0 Å². The summed E-state index contributed by atoms with van der Waals surface area (Å²) in [5.41, 5.74) is -2.91. The zero-order valence-corrected chi connectivity index (χ0v) is 16.5. The summed E-state index contributed by atoms with van der Waals surface area (Å²) in [6.07, 6.45) is -4.13. The molecule has 0 radical (unpaired) electrons. The van der Waals surface area contributed by atoms with Crippen molar-refractivity contribution in [1.82, 2.24) is 9.97 Å². The topological polar surface area (TPSA) is 118 Å². The Bertz CT molecular complexity index is 1220. The van der Waals surface area contributed by atoms with Crippen molar-refractivity contribution in [2.75, 3.05) is 11.0 Å². The van der Waals surface area contributed by atoms with Gasteiger partial charge in [-0.3, -0.25) is 4.72 Å². The summed E-state index contributed by atoms with van der Waals surface area (Å²) >= 11 is 0. The quantitative estimate of drug-likeness (QED) is 0.579. The van der Waals surface area contributed by atoms with Crippen LogP contribution in [0.2, 0.25) is 0 Å². The standard InChI is InChI=1S/C19H14F3N3O5S/c1-31(28,29)25-12-9-7-11(8-10-12)14-17(30-13-5-3-2-4-6-13)24-16(19(20,21)22)15(23-14)18(26)27/h2-10,25H,1H3,(H,26,27). The number of benzene rings is 2. The second-order valence-electron chi connectivity index (χ2n) is 6.24. The van der Waals surface area contributed by atoms with Crippen LogP contribution in [0.25, 0.3) is 11.3 Å². The summed E-state index contributed by atoms with van der Waals surface area (Å²) in [5.74, 6) is -2.32. The van der Waals surface area contributed by atoms with Crippen LogP contribution in [0.1, 0.15) is 16.2 Å². The number of rotatable bonds is 6. The third-order valence-corrected chi connectivity index (χ3v) is 4.36. The van der Waals surface area contributed by atoms with E-state index < -0.39 is 39.4 Å². The molecule has 12 heteroatoms. The van der Waals surface area contributed by atoms with Gasteiger partial charge in [0.05, 0.1) is 6.26 Å². The second-order valence-corrected chi connectivity index (χ2v) is 7.99. The molecule has 8 nitrogen and oxygen atoms in total. The summed E-state index contributed by atoms with van der Waals surface area (Å²) in [4.78, 5) is 18.5. The van der Waals surface area contributed by atoms with Crippen LogP contribution in [0.5, 0.6) is 11.6 Å². The van der Waals surface area contributed by atoms with Crippen LogP contribution in [0, 0.1) is 0 Å². The van der Waals surface area contributed by atoms with E-state index in [4.69, 9.17) is 4.74 Å². The molecule has 2 N–H and O–H groups in total. The Hall–Kier alpha value is -3.67. The lowest BCUT2D eigenvalue weighted by Gasteiger charge is -2.15. The van der Waals surface area contributed by atoms with E-state index in [9.17, 15) is 31.5 Å². The summed E-state index contributed by atoms with van der Waals surface area (Å²) < 4.78 is 70.5. The number of anilines is 1. The van der Waals surface area contributed by atoms with E-state index in [2.05, 4.69) is 14.7 Å². The van der Waals surface area contributed by atoms with Crippen molar-refractivity contribution < 1.29 is 36.2 Å². The van der Waals surface area contributed by atoms with E-state index in [0.29, 0.717) is 0 Å². The molecule has 1 aromatic heterocycles. The highest BCUT2D eigenvalue weighted by Gasteiger charge is 2.40. The minimum Gasteiger partial charge on any atom is -0.476 e. The third-order valence-electron chi connectivity index (χ3n) is 3.75. The van der Waals surface area contributed by atoms with Gasteiger partial charge < -0.3 is 9.84 Å². The van der Waals surface area contributed by atoms with Gasteiger partial charge in [0, 0.05) is 11.3 Å². The lowest BCUT2D eigenvalue weighted by Crippen LogP contribution is -2.18. The summed E-state index contributed by atoms with van der Waals surface area (Å²) in [6, 6.07) is 13.1. The fourth-order valence-corrected chi connectivity index (χ4v) is 3.10. The molecule has 0 spiro atoms. The van der Waals surface area contributed by atoms with Gasteiger partial charge in [-0.25, -0.2) is 23.2 Å². The number of sulfonamides is 1. The summed E-state index contributed by atoms with van der Waals surface area (Å²) in [5, 5.41) is 9.23. The van der Waals surface area contributed by atoms with Gasteiger partial charge in [-0.2, -0.15) is 13.2 Å². The third kappa shape index (κ3) is 5.48. The second kappa shape index (κ2) is 8.22. The SMILES string of the molecule is CS(=O)(=O)Nc1ccc(-c2nc(C(=O)O)c(C(F)(F)F)nc2Oc2ccccc2)cc1. The molecule has 2 aromatic carbocycles. The number of ether oxygens (including phenoxy) is 1. The molecular weight excluding hydrogens is 439 g/mol. The van der Waals surface area contributed by atoms with Crippen LogP contribution in [0.3, 0.4) is 0 Å². The fourth-order valence-electron chi connectivity index (χ4n) is 2.54. The number of carboxylic acids is 1. The minimum atomic E-state index is -5.09. The monoisotopic (exact) mass is 453 g/mol. The van der Waals surface area contributed by atoms with Gasteiger partial charge in [-0.05, 0) is 24.3 Å². The molecule has 0 amide bonds. The molecule has 0 aliphatic rings. The predicted octanol–water partition coefficient (Wildman–Crippen LogP) is 4.02. The molecule has 3 rings (SSSR count). The summed E-state index contributed by atoms with van der Waals surface area (Å²) in [7, 11) is -3.55. The zero-order valence-electron chi connectivity index (χ0n) is 15.7. The van der Waals surface area contributed by atoms with E-state index in [-0.39, 0.29) is 22.7 Å². The maximum Gasteiger partial charge on any atom is 0.435 e. The Morgan fingerprint density at radius 2 is 1.65 bits per heavy atom. The van der Waals surface area contributed by atoms with E-state index in [1.165, 1.54) is 36.4 Å². The molecule has 0 atom stereocenters. The number of aromatic carboxylic acids is 1. The first-order chi connectivity index (χ1) is 14.4. The first kappa shape index (κ1) is 22.0. The normalized spacial score (nSPS) is 11.7. The van der Waals surface area contributed by atoms with E-state index in [0.717, 1.165) is 6.26 Å². The van der Waals surface area contributed by atoms with Crippen molar-refractivity contribution in [1.29, 1.82) is 0 Å². The molecule has 0 bridgehead atoms. The number of nitrogens with one attached hydrogen (secondary N) is 1. The van der Waals surface area contributed by atoms with Gasteiger partial charge in [-0.15, -0.1) is 0 Å². The van der Waals surface area contributed by atoms with Crippen molar-refractivity contribution in [3.05, 3.63) is 66.0 Å². The lowest BCUT2D eigenvalue weighted by atomic mass is 10.1. The number of para-hydroxylation sites is 1. The smallest absolute Gasteiger partial charge is 0.435 e. The first-order valence-electron chi connectivity index (χ1n) is 8.48. The van der Waals surface area contributed by atoms with Crippen molar-refractivity contribution >= 4 is 21.7 Å². The minimum absolute atomic E-state index is 0.157. The Kier molecular flexibility index (Phi) is 5.84. The van der Waals surface area contributed by atoms with Crippen molar-refractivity contribution in [2.24, 2.45) is 0 Å². The number of hydrogen-bond donors (Lipinski definition) is 2. The van der Waals surface area contributed by atoms with Crippen molar-refractivity contribution in [3.8, 4) is 22.9 Å². The zero-order chi connectivity index (χ0) is 22.8. The number of aromatic nitrogens is 2. The highest BCUT2D eigenvalue weighted by Crippen LogP contribution is 2.37. The largest absolute Gasteiger partial charge is 0.476 e. The molecule has 1 heterocycles. The molecule has 3 aromatic rings. The average Bonchev–Trinajstić information content (AvgIpc) is 2.67. The van der Waals surface area contributed by atoms with Gasteiger partial charge in [0.25, 0.3) is 0 Å². The van der Waals surface area contributed by atoms with Crippen LogP contribution < -0.4 is 9.46 Å². The number of carbonyl (C=O) groups is 1. The van der Waals surface area contributed by atoms with Gasteiger partial charge in [0.15, 0.2) is 11.4 Å². The van der Waals surface area contributed by atoms with Crippen molar-refractivity contribution in [3.63, 3.8) is 0 Å². The van der Waals surface area contributed by atoms with E-state index in [1.54, 1.807) is 18.2 Å². The molecule has 162 valence electrons. The Balaban J connectivity index is 2.16. The lowest BCUT2D eigenvalue weighted by molar-refractivity contribution is -0.142. The van der Waals surface area contributed by atoms with Crippen LogP contribution in [0.15, 0.2) is 54.6 Å². The maximum absolute atomic E-state index is 13.4. The summed E-state index contributed by atoms with van der Waals surface area (Å²) in [6.45, 7) is 0. The van der Waals surface area contributed by atoms with Crippen LogP contribution in [-0.4, -0.2) is 35.7 Å². The first-order valence-corrected chi connectivity index (χ1v) is 10.4. The number of alkyl halides is 3. The van der Waals surface area contributed by atoms with Crippen LogP contribution >= 0.6 is 0 Å². The average molecular weight is 453 g/mol. The Morgan fingerprint density at radius 1 is 1.03 bits per heavy atom. The van der Waals surface area contributed by atoms with Gasteiger partial charge in [-0.1, -0.05) is 30.3 Å². The molecule has 0 saturated carbocycles. The molecule has 0 fully saturated rings. The van der Waals surface area contributed by atoms with Crippen molar-refractivity contribution in [2.45, 2.75) is 6.18 Å². The highest BCUT2D eigenvalue weighted by atomic mass is 32.2. The molecular formula is C19H14F3N3O5S. The van der Waals surface area contributed by atoms with Gasteiger partial charge in [0.1, 0.15) is 11.4 Å². The molecule has 0 saturated heterocycles. The Labute approximate surface area is 174 Å². The van der Waals surface area contributed by atoms with Crippen LogP contribution in [-0.2, 0) is 16.2 Å².